The van der Waals surface area contributed by atoms with Crippen molar-refractivity contribution in [1.29, 1.82) is 0 Å². The molecule has 3 nitrogen and oxygen atoms in total. The van der Waals surface area contributed by atoms with Crippen LogP contribution in [0.2, 0.25) is 0 Å². The van der Waals surface area contributed by atoms with Crippen molar-refractivity contribution in [2.75, 3.05) is 13.1 Å². The maximum atomic E-state index is 11.8. The van der Waals surface area contributed by atoms with Crippen LogP contribution in [0.4, 0.5) is 0 Å². The van der Waals surface area contributed by atoms with Gasteiger partial charge in [-0.05, 0) is 31.7 Å². The number of nitrogens with zero attached hydrogens (tertiary/aromatic N) is 1. The summed E-state index contributed by atoms with van der Waals surface area (Å²) in [4.78, 5) is 14.2. The normalized spacial score (nSPS) is 25.2. The van der Waals surface area contributed by atoms with Gasteiger partial charge in [0.2, 0.25) is 5.91 Å². The van der Waals surface area contributed by atoms with Crippen LogP contribution in [0.5, 0.6) is 0 Å². The Labute approximate surface area is 115 Å². The average Bonchev–Trinajstić information content (AvgIpc) is 3.20. The van der Waals surface area contributed by atoms with Crippen LogP contribution in [0, 0.1) is 5.92 Å². The van der Waals surface area contributed by atoms with E-state index in [0.29, 0.717) is 18.0 Å². The minimum absolute atomic E-state index is 0.277. The lowest BCUT2D eigenvalue weighted by Gasteiger charge is -2.24. The molecule has 2 fully saturated rings. The van der Waals surface area contributed by atoms with E-state index in [1.54, 1.807) is 0 Å². The van der Waals surface area contributed by atoms with Crippen molar-refractivity contribution in [3.63, 3.8) is 0 Å². The summed E-state index contributed by atoms with van der Waals surface area (Å²) in [6, 6.07) is 11.4. The second-order valence-corrected chi connectivity index (χ2v) is 5.85. The Hall–Kier alpha value is -1.35. The van der Waals surface area contributed by atoms with Gasteiger partial charge in [-0.25, -0.2) is 0 Å². The first-order chi connectivity index (χ1) is 9.24. The van der Waals surface area contributed by atoms with Gasteiger partial charge in [0.05, 0.1) is 0 Å². The molecular formula is C16H22N2O. The Morgan fingerprint density at radius 2 is 2.00 bits per heavy atom. The molecule has 0 radical (unpaired) electrons. The van der Waals surface area contributed by atoms with Gasteiger partial charge in [-0.2, -0.15) is 0 Å². The van der Waals surface area contributed by atoms with E-state index in [-0.39, 0.29) is 5.91 Å². The lowest BCUT2D eigenvalue weighted by atomic mass is 10.1. The molecule has 0 bridgehead atoms. The van der Waals surface area contributed by atoms with Gasteiger partial charge in [-0.1, -0.05) is 30.3 Å². The Bertz CT molecular complexity index is 441. The van der Waals surface area contributed by atoms with Gasteiger partial charge in [0.15, 0.2) is 0 Å². The number of carbonyl (C=O) groups excluding carboxylic acids is 1. The molecule has 1 aliphatic carbocycles. The lowest BCUT2D eigenvalue weighted by molar-refractivity contribution is -0.122. The fourth-order valence-corrected chi connectivity index (χ4v) is 2.86. The van der Waals surface area contributed by atoms with E-state index in [9.17, 15) is 4.79 Å². The van der Waals surface area contributed by atoms with Crippen molar-refractivity contribution in [2.24, 2.45) is 5.92 Å². The number of hydrogen-bond donors (Lipinski definition) is 1. The first-order valence-corrected chi connectivity index (χ1v) is 7.33. The molecule has 1 heterocycles. The molecule has 3 heteroatoms. The molecule has 2 atom stereocenters. The highest BCUT2D eigenvalue weighted by atomic mass is 16.2. The van der Waals surface area contributed by atoms with Crippen molar-refractivity contribution in [1.82, 2.24) is 10.2 Å². The van der Waals surface area contributed by atoms with E-state index >= 15 is 0 Å². The van der Waals surface area contributed by atoms with Crippen LogP contribution in [-0.2, 0) is 4.79 Å². The van der Waals surface area contributed by atoms with Crippen molar-refractivity contribution in [2.45, 2.75) is 38.3 Å². The van der Waals surface area contributed by atoms with Gasteiger partial charge in [0.1, 0.15) is 0 Å². The molecule has 0 aromatic heterocycles. The summed E-state index contributed by atoms with van der Waals surface area (Å²) >= 11 is 0. The third-order valence-electron chi connectivity index (χ3n) is 4.34. The first-order valence-electron chi connectivity index (χ1n) is 7.33. The smallest absolute Gasteiger partial charge is 0.223 e. The fourth-order valence-electron chi connectivity index (χ4n) is 2.86. The van der Waals surface area contributed by atoms with Crippen LogP contribution in [0.1, 0.15) is 37.8 Å². The molecule has 1 aliphatic heterocycles. The van der Waals surface area contributed by atoms with Crippen molar-refractivity contribution in [3.05, 3.63) is 35.9 Å². The molecule has 1 aromatic rings. The first kappa shape index (κ1) is 12.7. The Balaban J connectivity index is 1.54. The van der Waals surface area contributed by atoms with Gasteiger partial charge >= 0.3 is 0 Å². The molecule has 1 saturated carbocycles. The zero-order chi connectivity index (χ0) is 13.2. The molecule has 0 spiro atoms. The monoisotopic (exact) mass is 258 g/mol. The highest BCUT2D eigenvalue weighted by Crippen LogP contribution is 2.30. The zero-order valence-corrected chi connectivity index (χ0v) is 11.5. The van der Waals surface area contributed by atoms with Crippen molar-refractivity contribution in [3.8, 4) is 0 Å². The number of benzene rings is 1. The molecule has 2 aliphatic rings. The van der Waals surface area contributed by atoms with Crippen LogP contribution in [-0.4, -0.2) is 29.9 Å². The molecule has 1 saturated heterocycles. The summed E-state index contributed by atoms with van der Waals surface area (Å²) in [7, 11) is 0. The Morgan fingerprint density at radius 3 is 2.68 bits per heavy atom. The highest BCUT2D eigenvalue weighted by Gasteiger charge is 2.33. The number of rotatable bonds is 4. The van der Waals surface area contributed by atoms with Crippen LogP contribution in [0.15, 0.2) is 30.3 Å². The summed E-state index contributed by atoms with van der Waals surface area (Å²) in [5, 5.41) is 3.20. The third-order valence-corrected chi connectivity index (χ3v) is 4.34. The molecule has 1 N–H and O–H groups in total. The van der Waals surface area contributed by atoms with E-state index in [1.165, 1.54) is 5.56 Å². The summed E-state index contributed by atoms with van der Waals surface area (Å²) in [6.45, 7) is 4.31. The molecule has 102 valence electrons. The predicted octanol–water partition coefficient (Wildman–Crippen LogP) is 2.35. The molecule has 3 rings (SSSR count). The van der Waals surface area contributed by atoms with E-state index < -0.39 is 0 Å². The number of hydrogen-bond acceptors (Lipinski definition) is 2. The van der Waals surface area contributed by atoms with Crippen molar-refractivity contribution < 1.29 is 4.79 Å². The van der Waals surface area contributed by atoms with Crippen LogP contribution >= 0.6 is 0 Å². The van der Waals surface area contributed by atoms with Crippen molar-refractivity contribution >= 4 is 5.91 Å². The van der Waals surface area contributed by atoms with E-state index in [2.05, 4.69) is 47.5 Å². The van der Waals surface area contributed by atoms with Crippen LogP contribution in [0.3, 0.4) is 0 Å². The largest absolute Gasteiger partial charge is 0.352 e. The Morgan fingerprint density at radius 1 is 1.26 bits per heavy atom. The minimum atomic E-state index is 0.277. The molecule has 1 aromatic carbocycles. The fraction of sp³-hybridized carbons (Fsp3) is 0.562. The van der Waals surface area contributed by atoms with Crippen LogP contribution in [0.25, 0.3) is 0 Å². The Kier molecular flexibility index (Phi) is 3.56. The maximum Gasteiger partial charge on any atom is 0.223 e. The lowest BCUT2D eigenvalue weighted by Crippen LogP contribution is -2.38. The summed E-state index contributed by atoms with van der Waals surface area (Å²) in [6.07, 6.45) is 3.25. The standard InChI is InChI=1S/C16H22N2O/c1-12(13-5-3-2-4-6-13)18-10-9-15(11-18)17-16(19)14-7-8-14/h2-6,12,14-15H,7-11H2,1H3,(H,17,19)/t12-,15-/m0/s1. The molecule has 0 unspecified atom stereocenters. The highest BCUT2D eigenvalue weighted by molar-refractivity contribution is 5.81. The number of amides is 1. The van der Waals surface area contributed by atoms with Crippen LogP contribution < -0.4 is 5.32 Å². The van der Waals surface area contributed by atoms with E-state index in [4.69, 9.17) is 0 Å². The molecular weight excluding hydrogens is 236 g/mol. The van der Waals surface area contributed by atoms with Gasteiger partial charge in [0.25, 0.3) is 0 Å². The second-order valence-electron chi connectivity index (χ2n) is 5.85. The van der Waals surface area contributed by atoms with Gasteiger partial charge in [-0.3, -0.25) is 9.69 Å². The van der Waals surface area contributed by atoms with Gasteiger partial charge in [0, 0.05) is 31.1 Å². The predicted molar refractivity (Wildman–Crippen MR) is 75.7 cm³/mol. The van der Waals surface area contributed by atoms with E-state index in [1.807, 2.05) is 0 Å². The summed E-state index contributed by atoms with van der Waals surface area (Å²) < 4.78 is 0. The number of likely N-dealkylation sites (tertiary alicyclic amines) is 1. The maximum absolute atomic E-state index is 11.8. The second kappa shape index (κ2) is 5.33. The van der Waals surface area contributed by atoms with Gasteiger partial charge in [-0.15, -0.1) is 0 Å². The van der Waals surface area contributed by atoms with Gasteiger partial charge < -0.3 is 5.32 Å². The number of carbonyl (C=O) groups is 1. The average molecular weight is 258 g/mol. The number of nitrogens with one attached hydrogen (secondary N) is 1. The minimum Gasteiger partial charge on any atom is -0.352 e. The molecule has 1 amide bonds. The summed E-state index contributed by atoms with van der Waals surface area (Å²) in [5.41, 5.74) is 1.36. The zero-order valence-electron chi connectivity index (χ0n) is 11.5. The molecule has 19 heavy (non-hydrogen) atoms. The SMILES string of the molecule is C[C@@H](c1ccccc1)N1CC[C@H](NC(=O)C2CC2)C1. The van der Waals surface area contributed by atoms with E-state index in [0.717, 1.165) is 32.4 Å². The quantitative estimate of drug-likeness (QED) is 0.899. The third kappa shape index (κ3) is 2.98. The topological polar surface area (TPSA) is 32.3 Å². The summed E-state index contributed by atoms with van der Waals surface area (Å²) in [5.74, 6) is 0.597.